The molecule has 1 N–H and O–H groups in total. The monoisotopic (exact) mass is 436 g/mol. The Bertz CT molecular complexity index is 849. The number of carbonyl (C=O) groups excluding carboxylic acids is 1. The first-order valence-corrected chi connectivity index (χ1v) is 10.2. The molecule has 0 bridgehead atoms. The van der Waals surface area contributed by atoms with E-state index in [1.807, 2.05) is 36.1 Å². The first kappa shape index (κ1) is 22.9. The van der Waals surface area contributed by atoms with Crippen LogP contribution in [0.2, 0.25) is 0 Å². The van der Waals surface area contributed by atoms with Gasteiger partial charge in [-0.1, -0.05) is 12.1 Å². The van der Waals surface area contributed by atoms with E-state index in [0.717, 1.165) is 30.0 Å². The Labute approximate surface area is 180 Å². The second kappa shape index (κ2) is 10.00. The Morgan fingerprint density at radius 3 is 2.35 bits per heavy atom. The van der Waals surface area contributed by atoms with Gasteiger partial charge in [-0.15, -0.1) is 0 Å². The lowest BCUT2D eigenvalue weighted by Gasteiger charge is -2.38. The maximum Gasteiger partial charge on any atom is 0.417 e. The molecule has 0 aliphatic carbocycles. The molecule has 1 fully saturated rings. The van der Waals surface area contributed by atoms with E-state index < -0.39 is 11.7 Å². The van der Waals surface area contributed by atoms with E-state index in [9.17, 15) is 18.0 Å². The lowest BCUT2D eigenvalue weighted by Crippen LogP contribution is -2.54. The molecule has 31 heavy (non-hydrogen) atoms. The van der Waals surface area contributed by atoms with Crippen molar-refractivity contribution in [1.82, 2.24) is 15.2 Å². The summed E-state index contributed by atoms with van der Waals surface area (Å²) in [5, 5.41) is 2.98. The van der Waals surface area contributed by atoms with E-state index in [0.29, 0.717) is 38.5 Å². The Balaban J connectivity index is 1.43. The topological polar surface area (TPSA) is 57.7 Å². The summed E-state index contributed by atoms with van der Waals surface area (Å²) >= 11 is 0. The lowest BCUT2D eigenvalue weighted by atomic mass is 10.1. The Kier molecular flexibility index (Phi) is 7.37. The second-order valence-electron chi connectivity index (χ2n) is 7.49. The van der Waals surface area contributed by atoms with Crippen LogP contribution in [0.15, 0.2) is 42.6 Å². The van der Waals surface area contributed by atoms with Gasteiger partial charge in [0.15, 0.2) is 0 Å². The molecule has 1 aliphatic rings. The van der Waals surface area contributed by atoms with Gasteiger partial charge in [-0.3, -0.25) is 9.69 Å². The van der Waals surface area contributed by atoms with Gasteiger partial charge in [-0.05, 0) is 43.2 Å². The predicted molar refractivity (Wildman–Crippen MR) is 112 cm³/mol. The average molecular weight is 436 g/mol. The van der Waals surface area contributed by atoms with Crippen LogP contribution in [-0.4, -0.2) is 61.7 Å². The Morgan fingerprint density at radius 2 is 1.81 bits per heavy atom. The highest BCUT2D eigenvalue weighted by Gasteiger charge is 2.31. The van der Waals surface area contributed by atoms with Crippen molar-refractivity contribution >= 4 is 11.7 Å². The third-order valence-electron chi connectivity index (χ3n) is 5.51. The van der Waals surface area contributed by atoms with Crippen LogP contribution in [-0.2, 0) is 17.4 Å². The van der Waals surface area contributed by atoms with Gasteiger partial charge >= 0.3 is 6.18 Å². The molecular formula is C22H27F3N4O2. The molecule has 1 aromatic heterocycles. The molecule has 2 heterocycles. The number of alkyl halides is 3. The van der Waals surface area contributed by atoms with Gasteiger partial charge in [0.2, 0.25) is 5.91 Å². The van der Waals surface area contributed by atoms with Gasteiger partial charge in [0.25, 0.3) is 0 Å². The molecule has 1 saturated heterocycles. The van der Waals surface area contributed by atoms with E-state index in [2.05, 4.69) is 15.2 Å². The number of pyridine rings is 1. The maximum atomic E-state index is 12.7. The fourth-order valence-corrected chi connectivity index (χ4v) is 3.51. The van der Waals surface area contributed by atoms with Gasteiger partial charge < -0.3 is 15.0 Å². The standard InChI is InChI=1S/C22H27F3N4O2/c1-16(21(30)26-10-9-17-3-6-19(31-2)7-4-17)28-11-13-29(14-12-28)20-8-5-18(15-27-20)22(23,24)25/h3-8,15-16H,9-14H2,1-2H3,(H,26,30). The molecule has 1 aromatic carbocycles. The minimum absolute atomic E-state index is 0.0328. The normalized spacial score (nSPS) is 16.1. The van der Waals surface area contributed by atoms with E-state index >= 15 is 0 Å². The van der Waals surface area contributed by atoms with Crippen molar-refractivity contribution in [3.05, 3.63) is 53.7 Å². The lowest BCUT2D eigenvalue weighted by molar-refractivity contribution is -0.137. The minimum atomic E-state index is -4.39. The van der Waals surface area contributed by atoms with Crippen LogP contribution in [0, 0.1) is 0 Å². The molecule has 9 heteroatoms. The number of nitrogens with zero attached hydrogens (tertiary/aromatic N) is 3. The van der Waals surface area contributed by atoms with Crippen molar-refractivity contribution in [2.24, 2.45) is 0 Å². The van der Waals surface area contributed by atoms with Crippen LogP contribution >= 0.6 is 0 Å². The number of halogens is 3. The Morgan fingerprint density at radius 1 is 1.13 bits per heavy atom. The zero-order valence-corrected chi connectivity index (χ0v) is 17.7. The molecule has 2 aromatic rings. The highest BCUT2D eigenvalue weighted by atomic mass is 19.4. The zero-order chi connectivity index (χ0) is 22.4. The summed E-state index contributed by atoms with van der Waals surface area (Å²) < 4.78 is 43.2. The van der Waals surface area contributed by atoms with Crippen LogP contribution in [0.4, 0.5) is 19.0 Å². The van der Waals surface area contributed by atoms with Crippen molar-refractivity contribution in [2.45, 2.75) is 25.6 Å². The van der Waals surface area contributed by atoms with Gasteiger partial charge in [0.05, 0.1) is 18.7 Å². The SMILES string of the molecule is COc1ccc(CCNC(=O)C(C)N2CCN(c3ccc(C(F)(F)F)cn3)CC2)cc1. The van der Waals surface area contributed by atoms with Crippen LogP contribution in [0.5, 0.6) is 5.75 Å². The molecule has 3 rings (SSSR count). The molecule has 1 aliphatic heterocycles. The molecule has 6 nitrogen and oxygen atoms in total. The average Bonchev–Trinajstić information content (AvgIpc) is 2.78. The summed E-state index contributed by atoms with van der Waals surface area (Å²) in [7, 11) is 1.62. The van der Waals surface area contributed by atoms with Crippen molar-refractivity contribution in [3.8, 4) is 5.75 Å². The number of hydrogen-bond donors (Lipinski definition) is 1. The molecule has 0 saturated carbocycles. The first-order valence-electron chi connectivity index (χ1n) is 10.2. The van der Waals surface area contributed by atoms with Crippen molar-refractivity contribution in [2.75, 3.05) is 44.7 Å². The van der Waals surface area contributed by atoms with E-state index in [4.69, 9.17) is 4.74 Å². The number of hydrogen-bond acceptors (Lipinski definition) is 5. The predicted octanol–water partition coefficient (Wildman–Crippen LogP) is 2.98. The number of amides is 1. The molecular weight excluding hydrogens is 409 g/mol. The highest BCUT2D eigenvalue weighted by Crippen LogP contribution is 2.29. The molecule has 1 unspecified atom stereocenters. The number of ether oxygens (including phenoxy) is 1. The van der Waals surface area contributed by atoms with Gasteiger partial charge in [0.1, 0.15) is 11.6 Å². The maximum absolute atomic E-state index is 12.7. The smallest absolute Gasteiger partial charge is 0.417 e. The molecule has 1 atom stereocenters. The summed E-state index contributed by atoms with van der Waals surface area (Å²) in [4.78, 5) is 20.5. The fraction of sp³-hybridized carbons (Fsp3) is 0.455. The van der Waals surface area contributed by atoms with Gasteiger partial charge in [-0.25, -0.2) is 4.98 Å². The fourth-order valence-electron chi connectivity index (χ4n) is 3.51. The van der Waals surface area contributed by atoms with Crippen molar-refractivity contribution in [1.29, 1.82) is 0 Å². The number of methoxy groups -OCH3 is 1. The van der Waals surface area contributed by atoms with Crippen LogP contribution in [0.25, 0.3) is 0 Å². The summed E-state index contributed by atoms with van der Waals surface area (Å²) in [6, 6.07) is 9.90. The van der Waals surface area contributed by atoms with Crippen LogP contribution in [0.3, 0.4) is 0 Å². The first-order chi connectivity index (χ1) is 14.8. The summed E-state index contributed by atoms with van der Waals surface area (Å²) in [5.41, 5.74) is 0.362. The van der Waals surface area contributed by atoms with Crippen LogP contribution in [0.1, 0.15) is 18.1 Å². The quantitative estimate of drug-likeness (QED) is 0.723. The third kappa shape index (κ3) is 6.10. The molecule has 0 spiro atoms. The third-order valence-corrected chi connectivity index (χ3v) is 5.51. The van der Waals surface area contributed by atoms with Gasteiger partial charge in [0, 0.05) is 38.9 Å². The second-order valence-corrected chi connectivity index (χ2v) is 7.49. The van der Waals surface area contributed by atoms with Crippen molar-refractivity contribution in [3.63, 3.8) is 0 Å². The summed E-state index contributed by atoms with van der Waals surface area (Å²) in [6.45, 7) is 4.88. The highest BCUT2D eigenvalue weighted by molar-refractivity contribution is 5.81. The zero-order valence-electron chi connectivity index (χ0n) is 17.7. The number of rotatable bonds is 7. The van der Waals surface area contributed by atoms with Crippen molar-refractivity contribution < 1.29 is 22.7 Å². The van der Waals surface area contributed by atoms with E-state index in [1.165, 1.54) is 6.07 Å². The Hall–Kier alpha value is -2.81. The number of aromatic nitrogens is 1. The summed E-state index contributed by atoms with van der Waals surface area (Å²) in [5.74, 6) is 1.28. The summed E-state index contributed by atoms with van der Waals surface area (Å²) in [6.07, 6.45) is -2.79. The molecule has 168 valence electrons. The number of piperazine rings is 1. The number of nitrogens with one attached hydrogen (secondary N) is 1. The number of carbonyl (C=O) groups is 1. The number of benzene rings is 1. The van der Waals surface area contributed by atoms with E-state index in [-0.39, 0.29) is 11.9 Å². The minimum Gasteiger partial charge on any atom is -0.497 e. The molecule has 0 radical (unpaired) electrons. The van der Waals surface area contributed by atoms with Gasteiger partial charge in [-0.2, -0.15) is 13.2 Å². The number of anilines is 1. The largest absolute Gasteiger partial charge is 0.497 e. The van der Waals surface area contributed by atoms with E-state index in [1.54, 1.807) is 7.11 Å². The molecule has 1 amide bonds. The van der Waals surface area contributed by atoms with Crippen LogP contribution < -0.4 is 15.0 Å².